The number of amides is 2. The Balaban J connectivity index is 1.93. The number of benzene rings is 1. The number of nitrogens with zero attached hydrogens (tertiary/aromatic N) is 2. The second-order valence-corrected chi connectivity index (χ2v) is 5.86. The Bertz CT molecular complexity index is 603. The van der Waals surface area contributed by atoms with Crippen molar-refractivity contribution in [3.8, 4) is 0 Å². The summed E-state index contributed by atoms with van der Waals surface area (Å²) in [4.78, 5) is 36.6. The van der Waals surface area contributed by atoms with Crippen LogP contribution in [0.4, 0.5) is 11.4 Å². The predicted molar refractivity (Wildman–Crippen MR) is 79.1 cm³/mol. The molecule has 1 aliphatic rings. The molecule has 0 radical (unpaired) electrons. The van der Waals surface area contributed by atoms with Crippen LogP contribution < -0.4 is 5.32 Å². The summed E-state index contributed by atoms with van der Waals surface area (Å²) < 4.78 is 0.549. The predicted octanol–water partition coefficient (Wildman–Crippen LogP) is 1.90. The van der Waals surface area contributed by atoms with E-state index in [0.29, 0.717) is 10.1 Å². The lowest BCUT2D eigenvalue weighted by atomic mass is 10.2. The van der Waals surface area contributed by atoms with Crippen LogP contribution in [0.15, 0.2) is 29.3 Å². The Morgan fingerprint density at radius 2 is 2.25 bits per heavy atom. The third-order valence-corrected chi connectivity index (χ3v) is 4.42. The maximum Gasteiger partial charge on any atom is 0.292 e. The van der Waals surface area contributed by atoms with E-state index in [1.54, 1.807) is 6.07 Å². The number of nitro benzene ring substituents is 1. The summed E-state index contributed by atoms with van der Waals surface area (Å²) in [5, 5.41) is 13.3. The molecular formula is C11H9N3O4S2. The highest BCUT2D eigenvalue weighted by molar-refractivity contribution is 8.39. The van der Waals surface area contributed by atoms with E-state index < -0.39 is 4.92 Å². The summed E-state index contributed by atoms with van der Waals surface area (Å²) in [5.74, 6) is -0.247. The zero-order valence-electron chi connectivity index (χ0n) is 10.1. The number of carbonyl (C=O) groups is 2. The molecule has 1 aromatic rings. The highest BCUT2D eigenvalue weighted by Gasteiger charge is 2.18. The second-order valence-electron chi connectivity index (χ2n) is 3.67. The molecule has 1 aliphatic heterocycles. The number of thioether (sulfide) groups is 2. The minimum Gasteiger partial charge on any atom is -0.320 e. The number of nitrogens with one attached hydrogen (secondary N) is 1. The average molecular weight is 311 g/mol. The molecule has 1 aromatic carbocycles. The van der Waals surface area contributed by atoms with Crippen LogP contribution in [-0.4, -0.2) is 32.6 Å². The van der Waals surface area contributed by atoms with Crippen molar-refractivity contribution in [2.75, 3.05) is 16.8 Å². The van der Waals surface area contributed by atoms with Gasteiger partial charge in [-0.05, 0) is 6.07 Å². The van der Waals surface area contributed by atoms with E-state index in [4.69, 9.17) is 0 Å². The molecule has 0 fully saturated rings. The van der Waals surface area contributed by atoms with Crippen LogP contribution in [0, 0.1) is 10.1 Å². The summed E-state index contributed by atoms with van der Waals surface area (Å²) in [6.45, 7) is 0. The Hall–Kier alpha value is -1.87. The van der Waals surface area contributed by atoms with Gasteiger partial charge in [0.25, 0.3) is 11.6 Å². The molecule has 104 valence electrons. The van der Waals surface area contributed by atoms with E-state index in [0.717, 1.165) is 11.8 Å². The first-order valence-corrected chi connectivity index (χ1v) is 7.44. The van der Waals surface area contributed by atoms with E-state index in [9.17, 15) is 19.7 Å². The van der Waals surface area contributed by atoms with Crippen molar-refractivity contribution < 1.29 is 14.5 Å². The molecule has 9 heteroatoms. The van der Waals surface area contributed by atoms with Gasteiger partial charge in [0.15, 0.2) is 0 Å². The molecule has 0 aromatic heterocycles. The third kappa shape index (κ3) is 3.81. The Labute approximate surface area is 122 Å². The van der Waals surface area contributed by atoms with Crippen LogP contribution in [0.1, 0.15) is 0 Å². The lowest BCUT2D eigenvalue weighted by Gasteiger charge is -2.05. The fourth-order valence-corrected chi connectivity index (χ4v) is 3.07. The molecule has 2 rings (SSSR count). The standard InChI is InChI=1S/C11H9N3O4S2/c15-9(5-19-11-13-10(16)6-20-11)12-7-3-1-2-4-8(7)14(17)18/h1-4H,5-6H2,(H,12,15). The molecule has 20 heavy (non-hydrogen) atoms. The van der Waals surface area contributed by atoms with Gasteiger partial charge in [-0.1, -0.05) is 35.7 Å². The molecule has 0 saturated heterocycles. The summed E-state index contributed by atoms with van der Waals surface area (Å²) >= 11 is 2.42. The number of aliphatic imine (C=N–C) groups is 1. The SMILES string of the molecule is O=C1CSC(SCC(=O)Nc2ccccc2[N+](=O)[O-])=N1. The lowest BCUT2D eigenvalue weighted by molar-refractivity contribution is -0.383. The topological polar surface area (TPSA) is 102 Å². The normalized spacial score (nSPS) is 14.0. The van der Waals surface area contributed by atoms with Crippen molar-refractivity contribution in [3.63, 3.8) is 0 Å². The van der Waals surface area contributed by atoms with Crippen molar-refractivity contribution in [2.24, 2.45) is 4.99 Å². The van der Waals surface area contributed by atoms with Gasteiger partial charge in [-0.2, -0.15) is 4.99 Å². The number of rotatable bonds is 4. The quantitative estimate of drug-likeness (QED) is 0.673. The van der Waals surface area contributed by atoms with Gasteiger partial charge in [-0.15, -0.1) is 0 Å². The van der Waals surface area contributed by atoms with Gasteiger partial charge in [0.2, 0.25) is 5.91 Å². The van der Waals surface area contributed by atoms with E-state index in [1.165, 1.54) is 30.0 Å². The van der Waals surface area contributed by atoms with E-state index in [2.05, 4.69) is 10.3 Å². The van der Waals surface area contributed by atoms with Crippen LogP contribution in [0.5, 0.6) is 0 Å². The van der Waals surface area contributed by atoms with Crippen LogP contribution in [0.2, 0.25) is 0 Å². The molecule has 1 N–H and O–H groups in total. The van der Waals surface area contributed by atoms with Gasteiger partial charge in [-0.3, -0.25) is 19.7 Å². The second kappa shape index (κ2) is 6.53. The molecule has 0 spiro atoms. The Morgan fingerprint density at radius 1 is 1.50 bits per heavy atom. The van der Waals surface area contributed by atoms with Crippen LogP contribution >= 0.6 is 23.5 Å². The fraction of sp³-hybridized carbons (Fsp3) is 0.182. The molecular weight excluding hydrogens is 302 g/mol. The van der Waals surface area contributed by atoms with Gasteiger partial charge in [0.05, 0.1) is 16.4 Å². The van der Waals surface area contributed by atoms with Gasteiger partial charge >= 0.3 is 0 Å². The van der Waals surface area contributed by atoms with Crippen molar-refractivity contribution in [3.05, 3.63) is 34.4 Å². The first-order valence-electron chi connectivity index (χ1n) is 5.46. The average Bonchev–Trinajstić information content (AvgIpc) is 2.83. The molecule has 0 bridgehead atoms. The minimum atomic E-state index is -0.557. The molecule has 1 heterocycles. The monoisotopic (exact) mass is 311 g/mol. The van der Waals surface area contributed by atoms with E-state index in [1.807, 2.05) is 0 Å². The van der Waals surface area contributed by atoms with Crippen molar-refractivity contribution in [2.45, 2.75) is 0 Å². The number of para-hydroxylation sites is 2. The first-order chi connectivity index (χ1) is 9.56. The summed E-state index contributed by atoms with van der Waals surface area (Å²) in [7, 11) is 0. The van der Waals surface area contributed by atoms with Gasteiger partial charge in [0.1, 0.15) is 10.1 Å². The highest BCUT2D eigenvalue weighted by Crippen LogP contribution is 2.25. The van der Waals surface area contributed by atoms with Crippen LogP contribution in [0.3, 0.4) is 0 Å². The molecule has 0 saturated carbocycles. The molecule has 0 unspecified atom stereocenters. The number of hydrogen-bond acceptors (Lipinski definition) is 6. The molecule has 2 amide bonds. The summed E-state index contributed by atoms with van der Waals surface area (Å²) in [6.07, 6.45) is 0. The number of nitro groups is 1. The number of anilines is 1. The highest BCUT2D eigenvalue weighted by atomic mass is 32.2. The van der Waals surface area contributed by atoms with Crippen molar-refractivity contribution >= 4 is 51.1 Å². The largest absolute Gasteiger partial charge is 0.320 e. The maximum absolute atomic E-state index is 11.7. The first kappa shape index (κ1) is 14.5. The van der Waals surface area contributed by atoms with Gasteiger partial charge in [0, 0.05) is 6.07 Å². The molecule has 0 atom stereocenters. The molecule has 0 aliphatic carbocycles. The fourth-order valence-electron chi connectivity index (χ4n) is 1.42. The van der Waals surface area contributed by atoms with Crippen LogP contribution in [0.25, 0.3) is 0 Å². The van der Waals surface area contributed by atoms with Gasteiger partial charge < -0.3 is 5.32 Å². The Morgan fingerprint density at radius 3 is 2.90 bits per heavy atom. The lowest BCUT2D eigenvalue weighted by Crippen LogP contribution is -2.15. The minimum absolute atomic E-state index is 0.0468. The van der Waals surface area contributed by atoms with Crippen LogP contribution in [-0.2, 0) is 9.59 Å². The summed E-state index contributed by atoms with van der Waals surface area (Å²) in [5.41, 5.74) is -0.00574. The van der Waals surface area contributed by atoms with Gasteiger partial charge in [-0.25, -0.2) is 0 Å². The zero-order chi connectivity index (χ0) is 14.5. The van der Waals surface area contributed by atoms with Crippen molar-refractivity contribution in [1.29, 1.82) is 0 Å². The number of carbonyl (C=O) groups excluding carboxylic acids is 2. The summed E-state index contributed by atoms with van der Waals surface area (Å²) in [6, 6.07) is 5.91. The number of hydrogen-bond donors (Lipinski definition) is 1. The Kier molecular flexibility index (Phi) is 4.74. The maximum atomic E-state index is 11.7. The third-order valence-electron chi connectivity index (χ3n) is 2.24. The van der Waals surface area contributed by atoms with Crippen molar-refractivity contribution in [1.82, 2.24) is 0 Å². The smallest absolute Gasteiger partial charge is 0.292 e. The van der Waals surface area contributed by atoms with E-state index in [-0.39, 0.29) is 28.9 Å². The van der Waals surface area contributed by atoms with E-state index >= 15 is 0 Å². The zero-order valence-corrected chi connectivity index (χ0v) is 11.7. The molecule has 7 nitrogen and oxygen atoms in total.